The Morgan fingerprint density at radius 1 is 0.980 bits per heavy atom. The molecular formula is C35H41FN4O8S. The van der Waals surface area contributed by atoms with Crippen LogP contribution in [-0.4, -0.2) is 81.3 Å². The number of carbonyl (C=O) groups is 4. The number of nitrogens with zero attached hydrogens (tertiary/aromatic N) is 2. The molecule has 0 spiro atoms. The van der Waals surface area contributed by atoms with Gasteiger partial charge in [0.15, 0.2) is 9.84 Å². The molecular weight excluding hydrogens is 655 g/mol. The summed E-state index contributed by atoms with van der Waals surface area (Å²) in [4.78, 5) is 55.4. The van der Waals surface area contributed by atoms with Gasteiger partial charge in [-0.25, -0.2) is 27.2 Å². The van der Waals surface area contributed by atoms with E-state index < -0.39 is 69.0 Å². The highest BCUT2D eigenvalue weighted by Gasteiger charge is 2.54. The number of rotatable bonds is 10. The summed E-state index contributed by atoms with van der Waals surface area (Å²) in [6, 6.07) is 13.8. The summed E-state index contributed by atoms with van der Waals surface area (Å²) in [7, 11) is -0.675. The summed E-state index contributed by atoms with van der Waals surface area (Å²) in [6.07, 6.45) is -0.385. The van der Waals surface area contributed by atoms with E-state index in [1.807, 2.05) is 0 Å². The van der Waals surface area contributed by atoms with Gasteiger partial charge in [0.25, 0.3) is 0 Å². The average molecular weight is 697 g/mol. The smallest absolute Gasteiger partial charge is 0.338 e. The molecule has 262 valence electrons. The van der Waals surface area contributed by atoms with Crippen LogP contribution >= 0.6 is 0 Å². The Labute approximate surface area is 285 Å². The molecule has 12 nitrogen and oxygen atoms in total. The molecule has 1 aliphatic rings. The fourth-order valence-electron chi connectivity index (χ4n) is 5.58. The third-order valence-electron chi connectivity index (χ3n) is 7.75. The number of ether oxygens (including phenoxy) is 2. The highest BCUT2D eigenvalue weighted by molar-refractivity contribution is 7.92. The Bertz CT molecular complexity index is 1810. The number of likely N-dealkylation sites (tertiary alicyclic amines) is 1. The molecule has 0 aromatic heterocycles. The lowest BCUT2D eigenvalue weighted by atomic mass is 10.0. The van der Waals surface area contributed by atoms with Crippen molar-refractivity contribution in [3.63, 3.8) is 0 Å². The van der Waals surface area contributed by atoms with Crippen molar-refractivity contribution >= 4 is 45.1 Å². The Balaban J connectivity index is 1.69. The molecule has 3 aromatic rings. The van der Waals surface area contributed by atoms with Gasteiger partial charge < -0.3 is 29.9 Å². The molecule has 1 heterocycles. The van der Waals surface area contributed by atoms with Gasteiger partial charge in [0.05, 0.1) is 34.9 Å². The maximum atomic E-state index is 15.5. The van der Waals surface area contributed by atoms with Crippen LogP contribution in [0.5, 0.6) is 0 Å². The van der Waals surface area contributed by atoms with Crippen molar-refractivity contribution in [2.45, 2.75) is 61.9 Å². The van der Waals surface area contributed by atoms with Crippen molar-refractivity contribution in [2.75, 3.05) is 37.5 Å². The zero-order valence-electron chi connectivity index (χ0n) is 28.2. The lowest BCUT2D eigenvalue weighted by molar-refractivity contribution is -0.164. The van der Waals surface area contributed by atoms with Gasteiger partial charge in [-0.15, -0.1) is 0 Å². The number of anilines is 2. The minimum Gasteiger partial charge on any atom is -0.462 e. The lowest BCUT2D eigenvalue weighted by Crippen LogP contribution is -2.49. The van der Waals surface area contributed by atoms with Crippen molar-refractivity contribution in [3.8, 4) is 0 Å². The molecule has 3 amide bonds. The van der Waals surface area contributed by atoms with E-state index in [0.29, 0.717) is 0 Å². The summed E-state index contributed by atoms with van der Waals surface area (Å²) in [5.74, 6) is -3.07. The third-order valence-corrected chi connectivity index (χ3v) is 9.92. The quantitative estimate of drug-likeness (QED) is 0.287. The number of halogens is 1. The van der Waals surface area contributed by atoms with Gasteiger partial charge in [0, 0.05) is 31.0 Å². The number of amides is 3. The molecule has 4 rings (SSSR count). The molecule has 1 aliphatic heterocycles. The normalized spacial score (nSPS) is 17.6. The largest absolute Gasteiger partial charge is 0.462 e. The Morgan fingerprint density at radius 2 is 1.65 bits per heavy atom. The van der Waals surface area contributed by atoms with E-state index >= 15 is 4.39 Å². The first-order chi connectivity index (χ1) is 23.0. The summed E-state index contributed by atoms with van der Waals surface area (Å²) >= 11 is 0. The highest BCUT2D eigenvalue weighted by atomic mass is 32.2. The van der Waals surface area contributed by atoms with Crippen LogP contribution in [0.2, 0.25) is 0 Å². The summed E-state index contributed by atoms with van der Waals surface area (Å²) in [5.41, 5.74) is 0.0782. The minimum absolute atomic E-state index is 0.0655. The topological polar surface area (TPSA) is 151 Å². The fraction of sp³-hybridized carbons (Fsp3) is 0.371. The number of esters is 2. The second kappa shape index (κ2) is 15.1. The number of nitrogens with one attached hydrogen (secondary N) is 2. The Kier molecular flexibility index (Phi) is 11.3. The number of urea groups is 1. The van der Waals surface area contributed by atoms with E-state index in [1.165, 1.54) is 54.6 Å². The van der Waals surface area contributed by atoms with E-state index in [2.05, 4.69) is 10.6 Å². The second-order valence-corrected chi connectivity index (χ2v) is 14.8. The Hall–Kier alpha value is -4.98. The van der Waals surface area contributed by atoms with E-state index in [9.17, 15) is 27.6 Å². The summed E-state index contributed by atoms with van der Waals surface area (Å²) < 4.78 is 54.7. The van der Waals surface area contributed by atoms with Gasteiger partial charge in [-0.05, 0) is 82.6 Å². The van der Waals surface area contributed by atoms with E-state index in [-0.39, 0.29) is 34.7 Å². The number of carbonyl (C=O) groups excluding carboxylic acids is 4. The number of hydrogen-bond acceptors (Lipinski definition) is 9. The van der Waals surface area contributed by atoms with Crippen LogP contribution in [0.15, 0.2) is 77.7 Å². The molecule has 3 unspecified atom stereocenters. The molecule has 14 heteroatoms. The maximum absolute atomic E-state index is 15.5. The molecule has 1 saturated heterocycles. The van der Waals surface area contributed by atoms with Gasteiger partial charge in [-0.2, -0.15) is 0 Å². The molecule has 49 heavy (non-hydrogen) atoms. The second-order valence-electron chi connectivity index (χ2n) is 12.6. The molecule has 0 radical (unpaired) electrons. The van der Waals surface area contributed by atoms with Crippen LogP contribution in [0.4, 0.5) is 20.6 Å². The van der Waals surface area contributed by atoms with Crippen LogP contribution in [-0.2, 0) is 28.9 Å². The SMILES string of the molecule is CCOC(=O)c1cccc(NC(=O)NCC(=O)N2C(C(=O)OC(C)(C)C)CC(S(=O)(=O)c3ccc(N(C)C)cc3)C2c2ccccc2F)c1. The molecule has 3 aromatic carbocycles. The van der Waals surface area contributed by atoms with Crippen LogP contribution in [0.1, 0.15) is 56.1 Å². The molecule has 3 atom stereocenters. The number of hydrogen-bond donors (Lipinski definition) is 2. The van der Waals surface area contributed by atoms with Gasteiger partial charge >= 0.3 is 18.0 Å². The zero-order valence-corrected chi connectivity index (χ0v) is 29.0. The van der Waals surface area contributed by atoms with Crippen molar-refractivity contribution in [3.05, 3.63) is 89.7 Å². The summed E-state index contributed by atoms with van der Waals surface area (Å²) in [5, 5.41) is 3.50. The van der Waals surface area contributed by atoms with Crippen molar-refractivity contribution < 1.29 is 41.5 Å². The van der Waals surface area contributed by atoms with Crippen LogP contribution in [0.3, 0.4) is 0 Å². The first-order valence-electron chi connectivity index (χ1n) is 15.6. The van der Waals surface area contributed by atoms with Crippen molar-refractivity contribution in [2.24, 2.45) is 0 Å². The highest BCUT2D eigenvalue weighted by Crippen LogP contribution is 2.44. The van der Waals surface area contributed by atoms with Gasteiger partial charge in [0.1, 0.15) is 17.5 Å². The lowest BCUT2D eigenvalue weighted by Gasteiger charge is -2.32. The Morgan fingerprint density at radius 3 is 2.27 bits per heavy atom. The van der Waals surface area contributed by atoms with Crippen LogP contribution in [0.25, 0.3) is 0 Å². The van der Waals surface area contributed by atoms with Crippen molar-refractivity contribution in [1.29, 1.82) is 0 Å². The maximum Gasteiger partial charge on any atom is 0.338 e. The molecule has 0 bridgehead atoms. The number of benzene rings is 3. The first-order valence-corrected chi connectivity index (χ1v) is 17.2. The van der Waals surface area contributed by atoms with Crippen LogP contribution < -0.4 is 15.5 Å². The average Bonchev–Trinajstić information content (AvgIpc) is 3.45. The van der Waals surface area contributed by atoms with E-state index in [1.54, 1.807) is 58.8 Å². The third kappa shape index (κ3) is 8.74. The van der Waals surface area contributed by atoms with Gasteiger partial charge in [-0.1, -0.05) is 24.3 Å². The molecule has 1 fully saturated rings. The summed E-state index contributed by atoms with van der Waals surface area (Å²) in [6.45, 7) is 6.03. The van der Waals surface area contributed by atoms with Gasteiger partial charge in [0.2, 0.25) is 5.91 Å². The first kappa shape index (κ1) is 36.8. The minimum atomic E-state index is -4.28. The van der Waals surface area contributed by atoms with Crippen LogP contribution in [0, 0.1) is 5.82 Å². The van der Waals surface area contributed by atoms with Crippen molar-refractivity contribution in [1.82, 2.24) is 10.2 Å². The molecule has 0 saturated carbocycles. The fourth-order valence-corrected chi connectivity index (χ4v) is 7.49. The standard InChI is InChI=1S/C35H41FN4O8S/c1-7-47-32(42)22-11-10-12-23(19-22)38-34(44)37-21-30(41)40-28(33(43)48-35(2,3)4)20-29(31(40)26-13-8-9-14-27(26)36)49(45,46)25-17-15-24(16-18-25)39(5)6/h8-19,28-29,31H,7,20-21H2,1-6H3,(H2,37,38,44). The van der Waals surface area contributed by atoms with E-state index in [0.717, 1.165) is 16.7 Å². The number of sulfone groups is 1. The monoisotopic (exact) mass is 696 g/mol. The van der Waals surface area contributed by atoms with Gasteiger partial charge in [-0.3, -0.25) is 4.79 Å². The predicted molar refractivity (Wildman–Crippen MR) is 181 cm³/mol. The van der Waals surface area contributed by atoms with E-state index in [4.69, 9.17) is 9.47 Å². The predicted octanol–water partition coefficient (Wildman–Crippen LogP) is 4.72. The zero-order chi connectivity index (χ0) is 36.1. The molecule has 0 aliphatic carbocycles. The molecule has 2 N–H and O–H groups in total.